The van der Waals surface area contributed by atoms with Gasteiger partial charge in [-0.2, -0.15) is 5.10 Å². The van der Waals surface area contributed by atoms with Gasteiger partial charge in [-0.05, 0) is 41.2 Å². The van der Waals surface area contributed by atoms with Crippen molar-refractivity contribution in [2.45, 2.75) is 58.0 Å². The van der Waals surface area contributed by atoms with Gasteiger partial charge in [0.2, 0.25) is 0 Å². The van der Waals surface area contributed by atoms with Crippen LogP contribution in [0.1, 0.15) is 51.1 Å². The molecule has 21 heavy (non-hydrogen) atoms. The van der Waals surface area contributed by atoms with Gasteiger partial charge in [-0.25, -0.2) is 0 Å². The lowest BCUT2D eigenvalue weighted by atomic mass is 9.77. The van der Waals surface area contributed by atoms with E-state index in [2.05, 4.69) is 44.9 Å². The lowest BCUT2D eigenvalue weighted by Gasteiger charge is -2.33. The van der Waals surface area contributed by atoms with E-state index in [1.807, 2.05) is 6.20 Å². The van der Waals surface area contributed by atoms with Crippen LogP contribution in [0.3, 0.4) is 0 Å². The Bertz CT molecular complexity index is 433. The molecule has 1 heterocycles. The average molecular weight is 358 g/mol. The van der Waals surface area contributed by atoms with E-state index in [9.17, 15) is 0 Å². The summed E-state index contributed by atoms with van der Waals surface area (Å²) in [6.45, 7) is 7.08. The molecule has 2 rings (SSSR count). The summed E-state index contributed by atoms with van der Waals surface area (Å²) in [6, 6.07) is 0.550. The molecule has 1 fully saturated rings. The van der Waals surface area contributed by atoms with Crippen LogP contribution in [0.5, 0.6) is 0 Å². The highest BCUT2D eigenvalue weighted by atomic mass is 79.9. The number of rotatable bonds is 7. The maximum absolute atomic E-state index is 5.21. The summed E-state index contributed by atoms with van der Waals surface area (Å²) >= 11 is 3.71. The summed E-state index contributed by atoms with van der Waals surface area (Å²) in [4.78, 5) is 0. The molecule has 2 unspecified atom stereocenters. The molecule has 120 valence electrons. The second kappa shape index (κ2) is 8.30. The fraction of sp³-hybridized carbons (Fsp3) is 0.812. The first-order valence-corrected chi connectivity index (χ1v) is 8.86. The number of nitrogens with one attached hydrogen (secondary N) is 1. The minimum atomic E-state index is 0.550. The van der Waals surface area contributed by atoms with Gasteiger partial charge in [0.15, 0.2) is 0 Å². The molecule has 0 bridgehead atoms. The van der Waals surface area contributed by atoms with E-state index in [1.165, 1.54) is 31.4 Å². The van der Waals surface area contributed by atoms with Crippen LogP contribution in [0.15, 0.2) is 10.7 Å². The molecule has 1 aliphatic rings. The smallest absolute Gasteiger partial charge is 0.0658 e. The van der Waals surface area contributed by atoms with E-state index in [0.29, 0.717) is 24.5 Å². The quantitative estimate of drug-likeness (QED) is 0.810. The minimum absolute atomic E-state index is 0.550. The predicted octanol–water partition coefficient (Wildman–Crippen LogP) is 3.56. The Balaban J connectivity index is 2.14. The third-order valence-electron chi connectivity index (χ3n) is 4.39. The Labute approximate surface area is 136 Å². The van der Waals surface area contributed by atoms with E-state index >= 15 is 0 Å². The number of nitrogens with zero attached hydrogens (tertiary/aromatic N) is 2. The van der Waals surface area contributed by atoms with Gasteiger partial charge in [0, 0.05) is 19.1 Å². The van der Waals surface area contributed by atoms with Gasteiger partial charge in [0.05, 0.1) is 29.5 Å². The Morgan fingerprint density at radius 2 is 2.19 bits per heavy atom. The Morgan fingerprint density at radius 1 is 1.43 bits per heavy atom. The topological polar surface area (TPSA) is 39.1 Å². The summed E-state index contributed by atoms with van der Waals surface area (Å²) < 4.78 is 8.50. The molecule has 2 atom stereocenters. The molecule has 4 nitrogen and oxygen atoms in total. The molecular weight excluding hydrogens is 330 g/mol. The molecule has 0 aliphatic heterocycles. The summed E-state index contributed by atoms with van der Waals surface area (Å²) in [5.41, 5.74) is 1.36. The zero-order chi connectivity index (χ0) is 15.2. The second-order valence-corrected chi connectivity index (χ2v) is 7.16. The fourth-order valence-electron chi connectivity index (χ4n) is 3.30. The molecule has 0 saturated heterocycles. The van der Waals surface area contributed by atoms with Crippen molar-refractivity contribution in [2.75, 3.05) is 20.3 Å². The summed E-state index contributed by atoms with van der Waals surface area (Å²) in [5, 5.41) is 8.15. The zero-order valence-corrected chi connectivity index (χ0v) is 15.0. The molecule has 1 N–H and O–H groups in total. The minimum Gasteiger partial charge on any atom is -0.383 e. The van der Waals surface area contributed by atoms with Crippen molar-refractivity contribution in [1.29, 1.82) is 0 Å². The van der Waals surface area contributed by atoms with Crippen LogP contribution >= 0.6 is 15.9 Å². The normalized spacial score (nSPS) is 22.9. The molecule has 5 heteroatoms. The van der Waals surface area contributed by atoms with Gasteiger partial charge in [-0.1, -0.05) is 26.7 Å². The average Bonchev–Trinajstić information content (AvgIpc) is 2.84. The highest BCUT2D eigenvalue weighted by molar-refractivity contribution is 9.10. The third-order valence-corrected chi connectivity index (χ3v) is 5.00. The largest absolute Gasteiger partial charge is 0.383 e. The van der Waals surface area contributed by atoms with Crippen LogP contribution < -0.4 is 5.32 Å². The van der Waals surface area contributed by atoms with Gasteiger partial charge in [0.1, 0.15) is 0 Å². The number of hydrogen-bond donors (Lipinski definition) is 1. The summed E-state index contributed by atoms with van der Waals surface area (Å²) in [5.74, 6) is 1.30. The number of ether oxygens (including phenoxy) is 1. The van der Waals surface area contributed by atoms with Crippen molar-refractivity contribution in [3.63, 3.8) is 0 Å². The molecule has 1 saturated carbocycles. The van der Waals surface area contributed by atoms with E-state index in [1.54, 1.807) is 7.11 Å². The van der Waals surface area contributed by atoms with Crippen molar-refractivity contribution in [3.05, 3.63) is 16.4 Å². The number of halogens is 1. The molecule has 0 spiro atoms. The second-order valence-electron chi connectivity index (χ2n) is 6.31. The van der Waals surface area contributed by atoms with Crippen LogP contribution in [-0.4, -0.2) is 36.1 Å². The van der Waals surface area contributed by atoms with Gasteiger partial charge < -0.3 is 10.1 Å². The maximum Gasteiger partial charge on any atom is 0.0658 e. The Morgan fingerprint density at radius 3 is 2.90 bits per heavy atom. The monoisotopic (exact) mass is 357 g/mol. The van der Waals surface area contributed by atoms with Crippen molar-refractivity contribution in [3.8, 4) is 0 Å². The van der Waals surface area contributed by atoms with Crippen molar-refractivity contribution in [1.82, 2.24) is 15.1 Å². The first-order chi connectivity index (χ1) is 10.1. The van der Waals surface area contributed by atoms with Crippen LogP contribution in [-0.2, 0) is 11.3 Å². The van der Waals surface area contributed by atoms with E-state index in [4.69, 9.17) is 4.74 Å². The molecule has 1 aromatic rings. The third kappa shape index (κ3) is 4.54. The molecule has 0 aromatic carbocycles. The van der Waals surface area contributed by atoms with E-state index < -0.39 is 0 Å². The van der Waals surface area contributed by atoms with Crippen molar-refractivity contribution >= 4 is 15.9 Å². The predicted molar refractivity (Wildman–Crippen MR) is 89.6 cm³/mol. The molecular formula is C16H28BrN3O. The molecule has 1 aliphatic carbocycles. The molecule has 0 amide bonds. The standard InChI is InChI=1S/C16H28BrN3O/c1-12(2)18-10-13-6-4-5-7-14(13)16-15(17)11-19-20(16)8-9-21-3/h11-14,18H,4-10H2,1-3H3. The Kier molecular flexibility index (Phi) is 6.71. The lowest BCUT2D eigenvalue weighted by molar-refractivity contribution is 0.179. The summed E-state index contributed by atoms with van der Waals surface area (Å²) in [6.07, 6.45) is 7.19. The lowest BCUT2D eigenvalue weighted by Crippen LogP contribution is -2.34. The number of methoxy groups -OCH3 is 1. The Hall–Kier alpha value is -0.390. The van der Waals surface area contributed by atoms with Gasteiger partial charge in [-0.3, -0.25) is 4.68 Å². The zero-order valence-electron chi connectivity index (χ0n) is 13.4. The van der Waals surface area contributed by atoms with Crippen molar-refractivity contribution < 1.29 is 4.74 Å². The van der Waals surface area contributed by atoms with Crippen molar-refractivity contribution in [2.24, 2.45) is 5.92 Å². The molecule has 1 aromatic heterocycles. The van der Waals surface area contributed by atoms with Gasteiger partial charge in [0.25, 0.3) is 0 Å². The maximum atomic E-state index is 5.21. The number of hydrogen-bond acceptors (Lipinski definition) is 3. The van der Waals surface area contributed by atoms with E-state index in [0.717, 1.165) is 17.6 Å². The van der Waals surface area contributed by atoms with Crippen LogP contribution in [0.2, 0.25) is 0 Å². The highest BCUT2D eigenvalue weighted by Gasteiger charge is 2.30. The first-order valence-electron chi connectivity index (χ1n) is 8.07. The number of aromatic nitrogens is 2. The SMILES string of the molecule is COCCn1ncc(Br)c1C1CCCCC1CNC(C)C. The fourth-order valence-corrected chi connectivity index (χ4v) is 3.89. The highest BCUT2D eigenvalue weighted by Crippen LogP contribution is 2.40. The van der Waals surface area contributed by atoms with Gasteiger partial charge in [-0.15, -0.1) is 0 Å². The van der Waals surface area contributed by atoms with Crippen LogP contribution in [0.25, 0.3) is 0 Å². The van der Waals surface area contributed by atoms with E-state index in [-0.39, 0.29) is 0 Å². The summed E-state index contributed by atoms with van der Waals surface area (Å²) in [7, 11) is 1.74. The first kappa shape index (κ1) is 17.0. The molecule has 0 radical (unpaired) electrons. The van der Waals surface area contributed by atoms with Crippen LogP contribution in [0, 0.1) is 5.92 Å². The van der Waals surface area contributed by atoms with Crippen LogP contribution in [0.4, 0.5) is 0 Å². The van der Waals surface area contributed by atoms with Gasteiger partial charge >= 0.3 is 0 Å².